The second-order valence-corrected chi connectivity index (χ2v) is 7.06. The van der Waals surface area contributed by atoms with Crippen LogP contribution in [0, 0.1) is 0 Å². The first kappa shape index (κ1) is 21.0. The molecule has 0 fully saturated rings. The number of carbonyl (C=O) groups excluding carboxylic acids is 3. The topological polar surface area (TPSA) is 127 Å². The average molecular weight is 428 g/mol. The highest BCUT2D eigenvalue weighted by Gasteiger charge is 2.17. The molecule has 0 unspecified atom stereocenters. The molecule has 0 aliphatic carbocycles. The molecule has 0 radical (unpaired) electrons. The maximum absolute atomic E-state index is 12.4. The van der Waals surface area contributed by atoms with Crippen LogP contribution in [0.2, 0.25) is 0 Å². The number of anilines is 2. The fourth-order valence-corrected chi connectivity index (χ4v) is 3.25. The van der Waals surface area contributed by atoms with Crippen LogP contribution in [0.25, 0.3) is 0 Å². The predicted molar refractivity (Wildman–Crippen MR) is 112 cm³/mol. The van der Waals surface area contributed by atoms with Gasteiger partial charge in [-0.25, -0.2) is 4.98 Å². The van der Waals surface area contributed by atoms with Gasteiger partial charge in [-0.2, -0.15) is 0 Å². The second kappa shape index (κ2) is 9.18. The number of thiazole rings is 1. The van der Waals surface area contributed by atoms with E-state index in [1.807, 2.05) is 0 Å². The van der Waals surface area contributed by atoms with Crippen molar-refractivity contribution in [3.63, 3.8) is 0 Å². The van der Waals surface area contributed by atoms with Gasteiger partial charge in [0.1, 0.15) is 5.56 Å². The number of methoxy groups -OCH3 is 1. The Balaban J connectivity index is 1.61. The largest absolute Gasteiger partial charge is 0.479 e. The maximum Gasteiger partial charge on any atom is 0.262 e. The van der Waals surface area contributed by atoms with Gasteiger partial charge in [0.05, 0.1) is 19.2 Å². The van der Waals surface area contributed by atoms with Crippen molar-refractivity contribution < 1.29 is 19.1 Å². The summed E-state index contributed by atoms with van der Waals surface area (Å²) in [5.74, 6) is -0.642. The molecule has 3 aromatic rings. The Labute approximate surface area is 176 Å². The summed E-state index contributed by atoms with van der Waals surface area (Å²) in [6.07, 6.45) is 1.71. The zero-order chi connectivity index (χ0) is 21.7. The summed E-state index contributed by atoms with van der Waals surface area (Å²) < 4.78 is 6.57. The summed E-state index contributed by atoms with van der Waals surface area (Å²) in [5.41, 5.74) is 1.80. The van der Waals surface area contributed by atoms with Gasteiger partial charge in [0.2, 0.25) is 11.8 Å². The van der Waals surface area contributed by atoms with Crippen LogP contribution in [0.1, 0.15) is 26.4 Å². The van der Waals surface area contributed by atoms with E-state index < -0.39 is 0 Å². The number of rotatable bonds is 7. The van der Waals surface area contributed by atoms with Crippen LogP contribution in [-0.2, 0) is 18.3 Å². The number of nitrogens with zero attached hydrogens (tertiary/aromatic N) is 3. The summed E-state index contributed by atoms with van der Waals surface area (Å²) in [4.78, 5) is 40.4. The fourth-order valence-electron chi connectivity index (χ4n) is 2.55. The molecule has 3 N–H and O–H groups in total. The van der Waals surface area contributed by atoms with Gasteiger partial charge in [-0.05, 0) is 24.3 Å². The van der Waals surface area contributed by atoms with Crippen molar-refractivity contribution in [3.8, 4) is 5.88 Å². The van der Waals surface area contributed by atoms with Gasteiger partial charge >= 0.3 is 0 Å². The Morgan fingerprint density at radius 3 is 2.53 bits per heavy atom. The van der Waals surface area contributed by atoms with Gasteiger partial charge in [0.25, 0.3) is 11.8 Å². The normalized spacial score (nSPS) is 10.4. The van der Waals surface area contributed by atoms with Gasteiger partial charge in [0, 0.05) is 36.9 Å². The maximum atomic E-state index is 12.4. The van der Waals surface area contributed by atoms with Crippen molar-refractivity contribution in [3.05, 3.63) is 52.7 Å². The lowest BCUT2D eigenvalue weighted by Gasteiger charge is -2.06. The third kappa shape index (κ3) is 5.00. The van der Waals surface area contributed by atoms with E-state index in [4.69, 9.17) is 4.74 Å². The molecule has 10 nitrogen and oxygen atoms in total. The van der Waals surface area contributed by atoms with E-state index in [9.17, 15) is 14.4 Å². The van der Waals surface area contributed by atoms with Gasteiger partial charge in [-0.3, -0.25) is 24.4 Å². The van der Waals surface area contributed by atoms with E-state index in [2.05, 4.69) is 26.0 Å². The zero-order valence-corrected chi connectivity index (χ0v) is 17.4. The van der Waals surface area contributed by atoms with E-state index in [-0.39, 0.29) is 30.0 Å². The fraction of sp³-hybridized carbons (Fsp3) is 0.211. The average Bonchev–Trinajstić information content (AvgIpc) is 3.34. The highest BCUT2D eigenvalue weighted by molar-refractivity contribution is 7.14. The summed E-state index contributed by atoms with van der Waals surface area (Å²) in [7, 11) is 4.68. The van der Waals surface area contributed by atoms with Crippen LogP contribution in [0.4, 0.5) is 10.8 Å². The third-order valence-corrected chi connectivity index (χ3v) is 4.84. The molecule has 3 amide bonds. The van der Waals surface area contributed by atoms with Crippen LogP contribution in [0.3, 0.4) is 0 Å². The molecular weight excluding hydrogens is 408 g/mol. The molecule has 0 bridgehead atoms. The third-order valence-electron chi connectivity index (χ3n) is 4.03. The number of likely N-dealkylation sites (N-methyl/N-ethyl adjacent to an activating group) is 1. The summed E-state index contributed by atoms with van der Waals surface area (Å²) in [5, 5.41) is 14.1. The first-order valence-electron chi connectivity index (χ1n) is 8.85. The Kier molecular flexibility index (Phi) is 6.42. The number of hydrogen-bond acceptors (Lipinski definition) is 7. The molecule has 0 atom stereocenters. The molecule has 0 spiro atoms. The van der Waals surface area contributed by atoms with E-state index in [0.717, 1.165) is 0 Å². The van der Waals surface area contributed by atoms with Crippen molar-refractivity contribution in [2.45, 2.75) is 6.42 Å². The van der Waals surface area contributed by atoms with E-state index in [1.165, 1.54) is 23.1 Å². The lowest BCUT2D eigenvalue weighted by Crippen LogP contribution is -2.20. The number of amides is 3. The van der Waals surface area contributed by atoms with E-state index >= 15 is 0 Å². The number of aryl methyl sites for hydroxylation is 1. The molecule has 2 aromatic heterocycles. The van der Waals surface area contributed by atoms with Gasteiger partial charge in [-0.15, -0.1) is 16.4 Å². The number of nitrogens with one attached hydrogen (secondary N) is 3. The molecule has 1 aromatic carbocycles. The lowest BCUT2D eigenvalue weighted by molar-refractivity contribution is -0.120. The molecule has 3 rings (SSSR count). The van der Waals surface area contributed by atoms with Crippen LogP contribution >= 0.6 is 11.3 Å². The molecule has 0 saturated carbocycles. The number of hydrogen-bond donors (Lipinski definition) is 3. The Hall–Kier alpha value is -3.73. The molecule has 0 aliphatic heterocycles. The second-order valence-electron chi connectivity index (χ2n) is 6.21. The molecule has 156 valence electrons. The Bertz CT molecular complexity index is 1070. The van der Waals surface area contributed by atoms with Crippen LogP contribution in [0.15, 0.2) is 35.8 Å². The van der Waals surface area contributed by atoms with Crippen LogP contribution in [-0.4, -0.2) is 46.6 Å². The monoisotopic (exact) mass is 428 g/mol. The molecule has 0 aliphatic rings. The van der Waals surface area contributed by atoms with Gasteiger partial charge in [-0.1, -0.05) is 0 Å². The highest BCUT2D eigenvalue weighted by atomic mass is 32.1. The first-order valence-corrected chi connectivity index (χ1v) is 9.73. The van der Waals surface area contributed by atoms with Gasteiger partial charge in [0.15, 0.2) is 5.13 Å². The van der Waals surface area contributed by atoms with Crippen molar-refractivity contribution in [2.24, 2.45) is 7.05 Å². The van der Waals surface area contributed by atoms with Crippen molar-refractivity contribution in [2.75, 3.05) is 24.8 Å². The van der Waals surface area contributed by atoms with Crippen LogP contribution < -0.4 is 20.7 Å². The Morgan fingerprint density at radius 2 is 1.87 bits per heavy atom. The minimum absolute atomic E-state index is 0.152. The number of aromatic nitrogens is 3. The SMILES string of the molecule is CNC(=O)Cc1csc(NC(=O)c2ccc(NC(=O)c3cn(C)nc3OC)cc2)n1. The quantitative estimate of drug-likeness (QED) is 0.525. The smallest absolute Gasteiger partial charge is 0.262 e. The van der Waals surface area contributed by atoms with Crippen molar-refractivity contribution in [1.82, 2.24) is 20.1 Å². The molecule has 11 heteroatoms. The molecular formula is C19H20N6O4S. The summed E-state index contributed by atoms with van der Waals surface area (Å²) in [6.45, 7) is 0. The summed E-state index contributed by atoms with van der Waals surface area (Å²) >= 11 is 1.24. The highest BCUT2D eigenvalue weighted by Crippen LogP contribution is 2.19. The van der Waals surface area contributed by atoms with Gasteiger partial charge < -0.3 is 15.4 Å². The number of ether oxygens (including phenoxy) is 1. The standard InChI is InChI=1S/C19H20N6O4S/c1-20-15(26)8-13-10-30-19(22-13)23-16(27)11-4-6-12(7-5-11)21-17(28)14-9-25(2)24-18(14)29-3/h4-7,9-10H,8H2,1-3H3,(H,20,26)(H,21,28)(H,22,23,27). The van der Waals surface area contributed by atoms with E-state index in [1.54, 1.807) is 49.9 Å². The number of carbonyl (C=O) groups is 3. The molecule has 0 saturated heterocycles. The minimum atomic E-state index is -0.372. The minimum Gasteiger partial charge on any atom is -0.479 e. The van der Waals surface area contributed by atoms with Crippen molar-refractivity contribution in [1.29, 1.82) is 0 Å². The summed E-state index contributed by atoms with van der Waals surface area (Å²) in [6, 6.07) is 6.41. The number of benzene rings is 1. The predicted octanol–water partition coefficient (Wildman–Crippen LogP) is 1.68. The lowest BCUT2D eigenvalue weighted by atomic mass is 10.2. The zero-order valence-electron chi connectivity index (χ0n) is 16.6. The molecule has 30 heavy (non-hydrogen) atoms. The van der Waals surface area contributed by atoms with E-state index in [0.29, 0.717) is 27.6 Å². The first-order chi connectivity index (χ1) is 14.4. The molecule has 2 heterocycles. The van der Waals surface area contributed by atoms with Crippen LogP contribution in [0.5, 0.6) is 5.88 Å². The van der Waals surface area contributed by atoms with Crippen molar-refractivity contribution >= 4 is 39.9 Å². The Morgan fingerprint density at radius 1 is 1.13 bits per heavy atom.